The summed E-state index contributed by atoms with van der Waals surface area (Å²) in [4.78, 5) is 0. The highest BCUT2D eigenvalue weighted by atomic mass is 19.1. The van der Waals surface area contributed by atoms with Gasteiger partial charge < -0.3 is 10.5 Å². The van der Waals surface area contributed by atoms with E-state index in [4.69, 9.17) is 10.5 Å². The molecule has 3 heteroatoms. The lowest BCUT2D eigenvalue weighted by molar-refractivity contribution is -0.0888. The van der Waals surface area contributed by atoms with Gasteiger partial charge in [-0.05, 0) is 54.7 Å². The molecule has 1 aromatic carbocycles. The maximum absolute atomic E-state index is 12.9. The molecule has 0 radical (unpaired) electrons. The lowest BCUT2D eigenvalue weighted by Gasteiger charge is -2.43. The monoisotopic (exact) mass is 293 g/mol. The largest absolute Gasteiger partial charge is 0.369 e. The Bertz CT molecular complexity index is 441. The first-order valence-electron chi connectivity index (χ1n) is 7.93. The molecule has 21 heavy (non-hydrogen) atoms. The van der Waals surface area contributed by atoms with Crippen molar-refractivity contribution < 1.29 is 9.13 Å². The molecule has 0 saturated heterocycles. The second-order valence-corrected chi connectivity index (χ2v) is 7.44. The van der Waals surface area contributed by atoms with Crippen LogP contribution >= 0.6 is 0 Å². The Kier molecular flexibility index (Phi) is 5.05. The van der Waals surface area contributed by atoms with Gasteiger partial charge in [-0.1, -0.05) is 32.9 Å². The molecule has 1 fully saturated rings. The van der Waals surface area contributed by atoms with Crippen LogP contribution in [-0.4, -0.2) is 12.1 Å². The van der Waals surface area contributed by atoms with Gasteiger partial charge in [-0.3, -0.25) is 0 Å². The number of rotatable bonds is 4. The van der Waals surface area contributed by atoms with E-state index < -0.39 is 0 Å². The van der Waals surface area contributed by atoms with Crippen molar-refractivity contribution in [2.75, 3.05) is 6.54 Å². The Labute approximate surface area is 127 Å². The van der Waals surface area contributed by atoms with Crippen LogP contribution in [0.3, 0.4) is 0 Å². The number of halogens is 1. The highest BCUT2D eigenvalue weighted by molar-refractivity contribution is 5.15. The van der Waals surface area contributed by atoms with Gasteiger partial charge >= 0.3 is 0 Å². The average molecular weight is 293 g/mol. The predicted molar refractivity (Wildman–Crippen MR) is 84.4 cm³/mol. The lowest BCUT2D eigenvalue weighted by atomic mass is 9.68. The van der Waals surface area contributed by atoms with E-state index in [2.05, 4.69) is 20.8 Å². The van der Waals surface area contributed by atoms with Gasteiger partial charge in [-0.25, -0.2) is 4.39 Å². The van der Waals surface area contributed by atoms with Crippen molar-refractivity contribution in [3.63, 3.8) is 0 Å². The van der Waals surface area contributed by atoms with E-state index in [0.717, 1.165) is 24.3 Å². The molecule has 0 aliphatic heterocycles. The van der Waals surface area contributed by atoms with E-state index in [-0.39, 0.29) is 11.4 Å². The molecule has 1 saturated carbocycles. The number of ether oxygens (including phenoxy) is 1. The summed E-state index contributed by atoms with van der Waals surface area (Å²) in [6.45, 7) is 8.01. The van der Waals surface area contributed by atoms with E-state index in [9.17, 15) is 4.39 Å². The molecule has 0 unspecified atom stereocenters. The zero-order chi connectivity index (χ0) is 15.5. The molecule has 1 aliphatic carbocycles. The van der Waals surface area contributed by atoms with Crippen molar-refractivity contribution in [3.05, 3.63) is 35.6 Å². The van der Waals surface area contributed by atoms with Gasteiger partial charge in [0.2, 0.25) is 0 Å². The second kappa shape index (κ2) is 6.45. The van der Waals surface area contributed by atoms with Gasteiger partial charge in [0.25, 0.3) is 0 Å². The zero-order valence-corrected chi connectivity index (χ0v) is 13.5. The van der Waals surface area contributed by atoms with Crippen LogP contribution in [0.4, 0.5) is 4.39 Å². The minimum Gasteiger partial charge on any atom is -0.369 e. The van der Waals surface area contributed by atoms with Crippen LogP contribution in [0.25, 0.3) is 0 Å². The van der Waals surface area contributed by atoms with Gasteiger partial charge in [-0.2, -0.15) is 0 Å². The molecule has 0 atom stereocenters. The first kappa shape index (κ1) is 16.4. The third-order valence-electron chi connectivity index (χ3n) is 4.95. The number of nitrogens with two attached hydrogens (primary N) is 1. The summed E-state index contributed by atoms with van der Waals surface area (Å²) in [6, 6.07) is 6.51. The van der Waals surface area contributed by atoms with E-state index in [0.29, 0.717) is 18.6 Å². The summed E-state index contributed by atoms with van der Waals surface area (Å²) in [5, 5.41) is 0. The molecule has 1 aliphatic rings. The summed E-state index contributed by atoms with van der Waals surface area (Å²) in [6.07, 6.45) is 4.38. The summed E-state index contributed by atoms with van der Waals surface area (Å²) in [5.74, 6) is 0.532. The van der Waals surface area contributed by atoms with Crippen LogP contribution in [0.2, 0.25) is 0 Å². The summed E-state index contributed by atoms with van der Waals surface area (Å²) >= 11 is 0. The Morgan fingerprint density at radius 1 is 1.19 bits per heavy atom. The quantitative estimate of drug-likeness (QED) is 0.899. The zero-order valence-electron chi connectivity index (χ0n) is 13.5. The number of hydrogen-bond acceptors (Lipinski definition) is 2. The fourth-order valence-corrected chi connectivity index (χ4v) is 3.23. The molecule has 2 nitrogen and oxygen atoms in total. The SMILES string of the molecule is CC(C)(C)C1CCC(CN)(OCc2ccc(F)cc2)CC1. The molecule has 2 N–H and O–H groups in total. The molecule has 1 aromatic rings. The third-order valence-corrected chi connectivity index (χ3v) is 4.95. The van der Waals surface area contributed by atoms with Crippen LogP contribution in [0.5, 0.6) is 0 Å². The Balaban J connectivity index is 1.92. The van der Waals surface area contributed by atoms with Gasteiger partial charge in [-0.15, -0.1) is 0 Å². The summed E-state index contributed by atoms with van der Waals surface area (Å²) < 4.78 is 19.1. The molecule has 0 amide bonds. The van der Waals surface area contributed by atoms with Crippen LogP contribution < -0.4 is 5.73 Å². The summed E-state index contributed by atoms with van der Waals surface area (Å²) in [7, 11) is 0. The van der Waals surface area contributed by atoms with Crippen molar-refractivity contribution in [1.82, 2.24) is 0 Å². The van der Waals surface area contributed by atoms with E-state index in [1.165, 1.54) is 25.0 Å². The first-order valence-corrected chi connectivity index (χ1v) is 7.93. The van der Waals surface area contributed by atoms with Crippen LogP contribution in [0, 0.1) is 17.2 Å². The molecule has 0 spiro atoms. The lowest BCUT2D eigenvalue weighted by Crippen LogP contribution is -2.45. The van der Waals surface area contributed by atoms with Gasteiger partial charge in [0.1, 0.15) is 5.82 Å². The standard InChI is InChI=1S/C18H28FNO/c1-17(2,3)15-8-10-18(13-20,11-9-15)21-12-14-4-6-16(19)7-5-14/h4-7,15H,8-13,20H2,1-3H3. The maximum Gasteiger partial charge on any atom is 0.123 e. The highest BCUT2D eigenvalue weighted by Crippen LogP contribution is 2.42. The van der Waals surface area contributed by atoms with Crippen molar-refractivity contribution in [3.8, 4) is 0 Å². The van der Waals surface area contributed by atoms with Crippen LogP contribution in [0.15, 0.2) is 24.3 Å². The fourth-order valence-electron chi connectivity index (χ4n) is 3.23. The molecule has 0 aromatic heterocycles. The van der Waals surface area contributed by atoms with Crippen molar-refractivity contribution in [2.24, 2.45) is 17.1 Å². The molecule has 118 valence electrons. The van der Waals surface area contributed by atoms with Crippen molar-refractivity contribution >= 4 is 0 Å². The molecule has 0 bridgehead atoms. The maximum atomic E-state index is 12.9. The Morgan fingerprint density at radius 3 is 2.24 bits per heavy atom. The summed E-state index contributed by atoms with van der Waals surface area (Å²) in [5.41, 5.74) is 7.16. The third kappa shape index (κ3) is 4.27. The van der Waals surface area contributed by atoms with Gasteiger partial charge in [0.15, 0.2) is 0 Å². The first-order chi connectivity index (χ1) is 9.85. The van der Waals surface area contributed by atoms with E-state index >= 15 is 0 Å². The topological polar surface area (TPSA) is 35.2 Å². The second-order valence-electron chi connectivity index (χ2n) is 7.44. The highest BCUT2D eigenvalue weighted by Gasteiger charge is 2.38. The molecular weight excluding hydrogens is 265 g/mol. The molecular formula is C18H28FNO. The van der Waals surface area contributed by atoms with E-state index in [1.54, 1.807) is 12.1 Å². The minimum atomic E-state index is -0.210. The van der Waals surface area contributed by atoms with Gasteiger partial charge in [0.05, 0.1) is 12.2 Å². The molecule has 2 rings (SSSR count). The normalized spacial score (nSPS) is 26.8. The van der Waals surface area contributed by atoms with Gasteiger partial charge in [0, 0.05) is 6.54 Å². The predicted octanol–water partition coefficient (Wildman–Crippen LogP) is 4.28. The van der Waals surface area contributed by atoms with Crippen molar-refractivity contribution in [2.45, 2.75) is 58.7 Å². The fraction of sp³-hybridized carbons (Fsp3) is 0.667. The number of benzene rings is 1. The Hall–Kier alpha value is -0.930. The Morgan fingerprint density at radius 2 is 1.76 bits per heavy atom. The van der Waals surface area contributed by atoms with Crippen LogP contribution in [0.1, 0.15) is 52.0 Å². The van der Waals surface area contributed by atoms with E-state index in [1.807, 2.05) is 0 Å². The smallest absolute Gasteiger partial charge is 0.123 e. The minimum absolute atomic E-state index is 0.198. The number of hydrogen-bond donors (Lipinski definition) is 1. The molecule has 0 heterocycles. The average Bonchev–Trinajstić information content (AvgIpc) is 2.46. The van der Waals surface area contributed by atoms with Crippen molar-refractivity contribution in [1.29, 1.82) is 0 Å². The van der Waals surface area contributed by atoms with Crippen LogP contribution in [-0.2, 0) is 11.3 Å².